The van der Waals surface area contributed by atoms with Gasteiger partial charge in [-0.1, -0.05) is 13.8 Å². The molecular weight excluding hydrogens is 1460 g/mol. The third-order valence-corrected chi connectivity index (χ3v) is 14.2. The summed E-state index contributed by atoms with van der Waals surface area (Å²) in [6.07, 6.45) is 1.82. The first-order valence-electron chi connectivity index (χ1n) is 39.1. The summed E-state index contributed by atoms with van der Waals surface area (Å²) in [5.74, 6) is 3.91. The maximum absolute atomic E-state index is 6.26. The van der Waals surface area contributed by atoms with Crippen LogP contribution in [0.1, 0.15) is 68.2 Å². The molecule has 2 aromatic rings. The van der Waals surface area contributed by atoms with Crippen molar-refractivity contribution in [3.63, 3.8) is 0 Å². The lowest BCUT2D eigenvalue weighted by molar-refractivity contribution is -0.0682. The summed E-state index contributed by atoms with van der Waals surface area (Å²) in [5, 5.41) is 0. The van der Waals surface area contributed by atoms with Gasteiger partial charge in [-0.25, -0.2) is 0 Å². The molecule has 0 saturated carbocycles. The first-order chi connectivity index (χ1) is 53.6. The zero-order valence-corrected chi connectivity index (χ0v) is 69.9. The van der Waals surface area contributed by atoms with Crippen LogP contribution in [0.4, 0.5) is 0 Å². The number of ether oxygens (including phenoxy) is 18. The maximum atomic E-state index is 6.26. The molecule has 0 bridgehead atoms. The van der Waals surface area contributed by atoms with E-state index in [1.54, 1.807) is 36.4 Å². The Morgan fingerprint density at radius 3 is 0.527 bits per heavy atom. The van der Waals surface area contributed by atoms with Crippen molar-refractivity contribution in [3.05, 3.63) is 36.4 Å². The van der Waals surface area contributed by atoms with Crippen LogP contribution < -0.4 is 143 Å². The van der Waals surface area contributed by atoms with Gasteiger partial charge in [-0.3, -0.25) is 0 Å². The quantitative estimate of drug-likeness (QED) is 0.0278. The van der Waals surface area contributed by atoms with E-state index in [4.69, 9.17) is 200 Å². The van der Waals surface area contributed by atoms with Crippen LogP contribution in [0.5, 0.6) is 34.5 Å². The molecule has 2 rings (SSSR count). The van der Waals surface area contributed by atoms with Crippen LogP contribution in [-0.4, -0.2) is 324 Å². The average molecular weight is 1620 g/mol. The van der Waals surface area contributed by atoms with E-state index in [1.807, 2.05) is 41.5 Å². The van der Waals surface area contributed by atoms with Crippen LogP contribution in [0.15, 0.2) is 36.4 Å². The molecule has 38 nitrogen and oxygen atoms in total. The van der Waals surface area contributed by atoms with Gasteiger partial charge < -0.3 is 200 Å². The largest absolute Gasteiger partial charge is 0.492 e. The van der Waals surface area contributed by atoms with E-state index in [2.05, 4.69) is 13.8 Å². The van der Waals surface area contributed by atoms with Crippen molar-refractivity contribution in [2.24, 2.45) is 126 Å². The molecular formula is C74H164N20O18. The molecule has 0 aliphatic rings. The first-order valence-corrected chi connectivity index (χ1v) is 39.1. The van der Waals surface area contributed by atoms with Gasteiger partial charge in [0, 0.05) is 162 Å². The molecule has 0 aliphatic heterocycles. The molecule has 0 fully saturated rings. The summed E-state index contributed by atoms with van der Waals surface area (Å²) in [6.45, 7) is 35.3. The molecule has 0 heterocycles. The molecule has 0 radical (unpaired) electrons. The van der Waals surface area contributed by atoms with E-state index in [1.165, 1.54) is 0 Å². The fourth-order valence-electron chi connectivity index (χ4n) is 8.57. The van der Waals surface area contributed by atoms with Gasteiger partial charge in [0.05, 0.1) is 170 Å². The van der Waals surface area contributed by atoms with Crippen molar-refractivity contribution in [3.8, 4) is 34.5 Å². The number of hydrogen-bond acceptors (Lipinski definition) is 38. The topological polar surface area (TPSA) is 687 Å². The van der Waals surface area contributed by atoms with Gasteiger partial charge >= 0.3 is 0 Å². The number of hydrogen-bond donors (Lipinski definition) is 20. The van der Waals surface area contributed by atoms with Gasteiger partial charge in [0.1, 0.15) is 74.1 Å². The van der Waals surface area contributed by atoms with Gasteiger partial charge in [-0.15, -0.1) is 0 Å². The van der Waals surface area contributed by atoms with Gasteiger partial charge in [0.2, 0.25) is 0 Å². The summed E-state index contributed by atoms with van der Waals surface area (Å²) < 4.78 is 99.0. The first kappa shape index (κ1) is 114. The van der Waals surface area contributed by atoms with E-state index < -0.39 is 11.1 Å². The van der Waals surface area contributed by atoms with Crippen molar-refractivity contribution in [1.82, 2.24) is 0 Å². The minimum Gasteiger partial charge on any atom is -0.492 e. The van der Waals surface area contributed by atoms with E-state index in [0.717, 1.165) is 12.8 Å². The monoisotopic (exact) mass is 1620 g/mol. The highest BCUT2D eigenvalue weighted by atomic mass is 16.5. The Hall–Kier alpha value is -4.04. The molecule has 0 spiro atoms. The van der Waals surface area contributed by atoms with Gasteiger partial charge in [0.25, 0.3) is 0 Å². The minimum absolute atomic E-state index is 0.0331. The van der Waals surface area contributed by atoms with Gasteiger partial charge in [0.15, 0.2) is 0 Å². The Balaban J connectivity index is -0.000000626. The third kappa shape index (κ3) is 71.3. The van der Waals surface area contributed by atoms with Crippen molar-refractivity contribution < 1.29 is 85.3 Å². The summed E-state index contributed by atoms with van der Waals surface area (Å²) >= 11 is 0. The van der Waals surface area contributed by atoms with E-state index in [9.17, 15) is 0 Å². The lowest BCUT2D eigenvalue weighted by Crippen LogP contribution is -2.54. The molecule has 0 aliphatic carbocycles. The molecule has 0 aromatic heterocycles. The smallest absolute Gasteiger partial charge is 0.126 e. The lowest BCUT2D eigenvalue weighted by atomic mass is 9.88. The van der Waals surface area contributed by atoms with Crippen molar-refractivity contribution in [2.75, 3.05) is 277 Å². The molecule has 38 heteroatoms. The Bertz CT molecular complexity index is 2020. The second-order valence-electron chi connectivity index (χ2n) is 27.5. The Morgan fingerprint density at radius 2 is 0.375 bits per heavy atom. The Kier molecular flexibility index (Phi) is 79.7. The molecule has 40 N–H and O–H groups in total. The van der Waals surface area contributed by atoms with Crippen LogP contribution in [0, 0.1) is 10.8 Å². The van der Waals surface area contributed by atoms with Gasteiger partial charge in [-0.05, 0) is 54.4 Å². The fourth-order valence-corrected chi connectivity index (χ4v) is 8.57. The molecule has 6 atom stereocenters. The molecule has 668 valence electrons. The normalized spacial score (nSPS) is 13.6. The highest BCUT2D eigenvalue weighted by Crippen LogP contribution is 2.30. The van der Waals surface area contributed by atoms with Crippen molar-refractivity contribution in [1.29, 1.82) is 0 Å². The average Bonchev–Trinajstić information content (AvgIpc) is 0.928. The predicted octanol–water partition coefficient (Wildman–Crippen LogP) is -4.43. The van der Waals surface area contributed by atoms with E-state index in [0.29, 0.717) is 311 Å². The molecule has 0 saturated heterocycles. The molecule has 2 aromatic carbocycles. The fraction of sp³-hybridized carbons (Fsp3) is 0.838. The molecule has 6 unspecified atom stereocenters. The number of rotatable bonds is 68. The summed E-state index contributed by atoms with van der Waals surface area (Å²) in [6, 6.07) is 10.5. The second kappa shape index (κ2) is 78.2. The number of benzene rings is 2. The van der Waals surface area contributed by atoms with Crippen LogP contribution in [-0.2, 0) is 56.8 Å². The van der Waals surface area contributed by atoms with Crippen LogP contribution in [0.2, 0.25) is 0 Å². The zero-order valence-electron chi connectivity index (χ0n) is 69.9. The standard InChI is InChI=1S/C15H27N3O3.C13H32N4O3.C12H21N3O3.2C12H29N3O3.C10H26N4O3/c1-10(16)7-19-13-4-14(20-8-11(2)17)6-15(5-13)21-9-12(3)18;1-10(14)4-18-7-13(17,8-19-5-11(2)15)9-20-6-12(3)16;13-1-4-16-10-7-11(17-5-2-14)9-12(8-10)18-6-3-15;2*1-2-12(9-16-6-3-13,10-17-7-4-14)11-18-8-5-15;11-1-4-15-7-10(14,8-16-5-2-12)9-17-6-3-13/h4-6,10-12H,7-9,16-18H2,1-3H3;10-12H,4-9,14-17H2,1-3H3;7-9H,1-6,13-15H2;2*2-11,13-15H2,1H3;1-9,11-14H2. The highest BCUT2D eigenvalue weighted by molar-refractivity contribution is 5.43. The highest BCUT2D eigenvalue weighted by Gasteiger charge is 2.32. The third-order valence-electron chi connectivity index (χ3n) is 14.2. The number of nitrogens with two attached hydrogens (primary N) is 20. The van der Waals surface area contributed by atoms with Crippen LogP contribution in [0.3, 0.4) is 0 Å². The molecule has 112 heavy (non-hydrogen) atoms. The maximum Gasteiger partial charge on any atom is 0.126 e. The van der Waals surface area contributed by atoms with E-state index in [-0.39, 0.29) is 47.1 Å². The SMILES string of the molecule is CC(N)COCC(N)(COCC(C)N)COCC(C)N.CC(N)COc1cc(OCC(C)N)cc(OCC(C)N)c1.CCC(COCCN)(COCCN)COCCN.CCC(COCCN)(COCCN)COCCN.NCCOCC(N)(COCCN)COCCN.NCCOc1cc(OCCN)cc(OCCN)c1. The van der Waals surface area contributed by atoms with Gasteiger partial charge in [-0.2, -0.15) is 0 Å². The van der Waals surface area contributed by atoms with Crippen molar-refractivity contribution in [2.45, 2.75) is 116 Å². The minimum atomic E-state index is -0.724. The zero-order chi connectivity index (χ0) is 85.0. The summed E-state index contributed by atoms with van der Waals surface area (Å²) in [7, 11) is 0. The Labute approximate surface area is 671 Å². The predicted molar refractivity (Wildman–Crippen MR) is 446 cm³/mol. The molecule has 0 amide bonds. The lowest BCUT2D eigenvalue weighted by Gasteiger charge is -2.32. The van der Waals surface area contributed by atoms with Crippen LogP contribution >= 0.6 is 0 Å². The Morgan fingerprint density at radius 1 is 0.223 bits per heavy atom. The van der Waals surface area contributed by atoms with Crippen LogP contribution in [0.25, 0.3) is 0 Å². The van der Waals surface area contributed by atoms with Crippen molar-refractivity contribution >= 4 is 0 Å². The van der Waals surface area contributed by atoms with E-state index >= 15 is 0 Å². The summed E-state index contributed by atoms with van der Waals surface area (Å²) in [4.78, 5) is 0. The summed E-state index contributed by atoms with van der Waals surface area (Å²) in [5.41, 5.74) is 109. The second-order valence-corrected chi connectivity index (χ2v) is 27.5.